The van der Waals surface area contributed by atoms with Gasteiger partial charge >= 0.3 is 5.69 Å². The molecular weight excluding hydrogens is 330 g/mol. The highest BCUT2D eigenvalue weighted by Crippen LogP contribution is 2.34. The summed E-state index contributed by atoms with van der Waals surface area (Å²) in [4.78, 5) is 37.6. The van der Waals surface area contributed by atoms with Gasteiger partial charge in [-0.2, -0.15) is 0 Å². The Kier molecular flexibility index (Phi) is 6.15. The van der Waals surface area contributed by atoms with Gasteiger partial charge in [-0.05, 0) is 13.3 Å². The lowest BCUT2D eigenvalue weighted by molar-refractivity contribution is -0.137. The van der Waals surface area contributed by atoms with E-state index >= 15 is 0 Å². The number of hydrogen-bond acceptors (Lipinski definition) is 6. The second-order valence-corrected chi connectivity index (χ2v) is 6.37. The van der Waals surface area contributed by atoms with E-state index < -0.39 is 35.9 Å². The van der Waals surface area contributed by atoms with E-state index in [1.54, 1.807) is 0 Å². The van der Waals surface area contributed by atoms with Crippen LogP contribution in [0.5, 0.6) is 0 Å². The first-order chi connectivity index (χ1) is 11.8. The van der Waals surface area contributed by atoms with Crippen LogP contribution < -0.4 is 16.6 Å². The van der Waals surface area contributed by atoms with Gasteiger partial charge in [0.1, 0.15) is 12.3 Å². The summed E-state index contributed by atoms with van der Waals surface area (Å²) in [5.41, 5.74) is -2.66. The van der Waals surface area contributed by atoms with Gasteiger partial charge in [0.2, 0.25) is 5.91 Å². The number of aliphatic hydroxyl groups is 2. The number of ether oxygens (including phenoxy) is 1. The van der Waals surface area contributed by atoms with Crippen molar-refractivity contribution in [1.82, 2.24) is 14.9 Å². The molecule has 0 saturated carbocycles. The molecule has 0 bridgehead atoms. The van der Waals surface area contributed by atoms with E-state index in [-0.39, 0.29) is 18.7 Å². The zero-order valence-electron chi connectivity index (χ0n) is 14.4. The van der Waals surface area contributed by atoms with Crippen LogP contribution in [0.3, 0.4) is 0 Å². The number of carbonyl (C=O) groups excluding carboxylic acids is 1. The van der Waals surface area contributed by atoms with Gasteiger partial charge in [-0.1, -0.05) is 19.8 Å². The Morgan fingerprint density at radius 2 is 2.20 bits per heavy atom. The molecule has 25 heavy (non-hydrogen) atoms. The number of H-pyrrole nitrogens is 1. The molecule has 3 atom stereocenters. The van der Waals surface area contributed by atoms with E-state index in [1.165, 1.54) is 13.1 Å². The summed E-state index contributed by atoms with van der Waals surface area (Å²) < 4.78 is 6.68. The smallest absolute Gasteiger partial charge is 0.330 e. The third-order valence-electron chi connectivity index (χ3n) is 4.33. The number of unbranched alkanes of at least 4 members (excludes halogenated alkanes) is 2. The lowest BCUT2D eigenvalue weighted by atomic mass is 10.0. The molecule has 2 heterocycles. The summed E-state index contributed by atoms with van der Waals surface area (Å²) >= 11 is 0. The van der Waals surface area contributed by atoms with Gasteiger partial charge in [-0.3, -0.25) is 19.1 Å². The molecule has 1 amide bonds. The molecule has 1 saturated heterocycles. The van der Waals surface area contributed by atoms with Gasteiger partial charge in [-0.25, -0.2) is 4.79 Å². The summed E-state index contributed by atoms with van der Waals surface area (Å²) in [6.07, 6.45) is 2.05. The first kappa shape index (κ1) is 19.4. The monoisotopic (exact) mass is 355 g/mol. The second kappa shape index (κ2) is 7.94. The fourth-order valence-corrected chi connectivity index (χ4v) is 2.88. The zero-order chi connectivity index (χ0) is 18.6. The lowest BCUT2D eigenvalue weighted by Crippen LogP contribution is -2.55. The molecule has 9 nitrogen and oxygen atoms in total. The van der Waals surface area contributed by atoms with Crippen LogP contribution in [0.1, 0.15) is 50.8 Å². The number of rotatable bonds is 7. The number of aromatic amines is 1. The first-order valence-corrected chi connectivity index (χ1v) is 8.42. The quantitative estimate of drug-likeness (QED) is 0.385. The van der Waals surface area contributed by atoms with Gasteiger partial charge in [-0.15, -0.1) is 0 Å². The Hall–Kier alpha value is -1.97. The average Bonchev–Trinajstić information content (AvgIpc) is 2.87. The van der Waals surface area contributed by atoms with Gasteiger partial charge < -0.3 is 20.3 Å². The molecular formula is C16H25N3O6. The highest BCUT2D eigenvalue weighted by Gasteiger charge is 2.49. The van der Waals surface area contributed by atoms with Crippen LogP contribution in [-0.4, -0.2) is 44.1 Å². The summed E-state index contributed by atoms with van der Waals surface area (Å²) in [6.45, 7) is 3.03. The van der Waals surface area contributed by atoms with Crippen molar-refractivity contribution in [2.45, 2.75) is 64.0 Å². The van der Waals surface area contributed by atoms with Crippen molar-refractivity contribution >= 4 is 5.91 Å². The van der Waals surface area contributed by atoms with Crippen LogP contribution in [0.4, 0.5) is 0 Å². The predicted molar refractivity (Wildman–Crippen MR) is 88.9 cm³/mol. The van der Waals surface area contributed by atoms with E-state index in [2.05, 4.69) is 10.3 Å². The fraction of sp³-hybridized carbons (Fsp3) is 0.688. The number of aliphatic hydroxyl groups excluding tert-OH is 1. The first-order valence-electron chi connectivity index (χ1n) is 8.42. The van der Waals surface area contributed by atoms with Crippen LogP contribution >= 0.6 is 0 Å². The van der Waals surface area contributed by atoms with E-state index in [4.69, 9.17) is 4.74 Å². The predicted octanol–water partition coefficient (Wildman–Crippen LogP) is -0.490. The number of hydrogen-bond donors (Lipinski definition) is 4. The van der Waals surface area contributed by atoms with E-state index in [9.17, 15) is 24.6 Å². The number of carbonyl (C=O) groups is 1. The number of aromatic nitrogens is 2. The minimum absolute atomic E-state index is 0.122. The third kappa shape index (κ3) is 4.36. The highest BCUT2D eigenvalue weighted by atomic mass is 16.6. The Morgan fingerprint density at radius 1 is 1.48 bits per heavy atom. The number of nitrogens with one attached hydrogen (secondary N) is 2. The normalized spacial score (nSPS) is 25.9. The Morgan fingerprint density at radius 3 is 2.84 bits per heavy atom. The van der Waals surface area contributed by atoms with Crippen LogP contribution in [0.25, 0.3) is 0 Å². The minimum Gasteiger partial charge on any atom is -0.393 e. The SMILES string of the molecule is CCCCCC(=O)N[C@]1(O)C[C@H](n2cc(C)c(=O)[nH]c2=O)O[C@@H]1CO. The fourth-order valence-electron chi connectivity index (χ4n) is 2.88. The number of aryl methyl sites for hydroxylation is 1. The molecule has 0 spiro atoms. The maximum Gasteiger partial charge on any atom is 0.330 e. The van der Waals surface area contributed by atoms with Gasteiger partial charge in [0.15, 0.2) is 5.72 Å². The van der Waals surface area contributed by atoms with E-state index in [0.717, 1.165) is 17.4 Å². The zero-order valence-corrected chi connectivity index (χ0v) is 14.4. The maximum absolute atomic E-state index is 12.0. The Balaban J connectivity index is 2.16. The molecule has 9 heteroatoms. The second-order valence-electron chi connectivity index (χ2n) is 6.37. The van der Waals surface area contributed by atoms with Crippen molar-refractivity contribution in [3.8, 4) is 0 Å². The molecule has 1 aromatic rings. The standard InChI is InChI=1S/C16H25N3O6/c1-3-4-5-6-12(21)18-16(24)7-13(25-11(16)9-20)19-8-10(2)14(22)17-15(19)23/h8,11,13,20,24H,3-7,9H2,1-2H3,(H,18,21)(H,17,22,23)/t11-,13-,16+/m1/s1. The van der Waals surface area contributed by atoms with E-state index in [0.29, 0.717) is 12.0 Å². The van der Waals surface area contributed by atoms with Crippen molar-refractivity contribution < 1.29 is 19.7 Å². The summed E-state index contributed by atoms with van der Waals surface area (Å²) in [7, 11) is 0. The Labute approximate surface area is 144 Å². The van der Waals surface area contributed by atoms with Crippen LogP contribution in [0.15, 0.2) is 15.8 Å². The highest BCUT2D eigenvalue weighted by molar-refractivity contribution is 5.76. The van der Waals surface area contributed by atoms with Gasteiger partial charge in [0.25, 0.3) is 5.56 Å². The topological polar surface area (TPSA) is 134 Å². The van der Waals surface area contributed by atoms with Gasteiger partial charge in [0.05, 0.1) is 6.61 Å². The molecule has 1 aliphatic heterocycles. The van der Waals surface area contributed by atoms with Crippen LogP contribution in [0.2, 0.25) is 0 Å². The largest absolute Gasteiger partial charge is 0.393 e. The summed E-state index contributed by atoms with van der Waals surface area (Å²) in [6, 6.07) is 0. The molecule has 4 N–H and O–H groups in total. The molecule has 140 valence electrons. The molecule has 0 aromatic carbocycles. The molecule has 0 radical (unpaired) electrons. The van der Waals surface area contributed by atoms with Crippen molar-refractivity contribution in [1.29, 1.82) is 0 Å². The average molecular weight is 355 g/mol. The van der Waals surface area contributed by atoms with Gasteiger partial charge in [0, 0.05) is 24.6 Å². The molecule has 0 unspecified atom stereocenters. The minimum atomic E-state index is -1.79. The summed E-state index contributed by atoms with van der Waals surface area (Å²) in [5.74, 6) is -0.344. The molecule has 0 aliphatic carbocycles. The van der Waals surface area contributed by atoms with Crippen LogP contribution in [-0.2, 0) is 9.53 Å². The van der Waals surface area contributed by atoms with E-state index in [1.807, 2.05) is 6.92 Å². The van der Waals surface area contributed by atoms with Crippen molar-refractivity contribution in [3.05, 3.63) is 32.6 Å². The lowest BCUT2D eigenvalue weighted by Gasteiger charge is -2.28. The molecule has 1 aliphatic rings. The number of amides is 1. The summed E-state index contributed by atoms with van der Waals surface area (Å²) in [5, 5.41) is 22.7. The maximum atomic E-state index is 12.0. The van der Waals surface area contributed by atoms with Crippen molar-refractivity contribution in [2.75, 3.05) is 6.61 Å². The van der Waals surface area contributed by atoms with Crippen molar-refractivity contribution in [3.63, 3.8) is 0 Å². The number of nitrogens with zero attached hydrogens (tertiary/aromatic N) is 1. The Bertz CT molecular complexity index is 727. The van der Waals surface area contributed by atoms with Crippen LogP contribution in [0, 0.1) is 6.92 Å². The third-order valence-corrected chi connectivity index (χ3v) is 4.33. The molecule has 2 rings (SSSR count). The molecule has 1 fully saturated rings. The molecule has 1 aromatic heterocycles. The van der Waals surface area contributed by atoms with Crippen molar-refractivity contribution in [2.24, 2.45) is 0 Å².